The van der Waals surface area contributed by atoms with Crippen molar-refractivity contribution in [1.82, 2.24) is 0 Å². The van der Waals surface area contributed by atoms with Crippen molar-refractivity contribution in [2.24, 2.45) is 10.8 Å². The molecule has 0 aromatic heterocycles. The average molecular weight is 333 g/mol. The van der Waals surface area contributed by atoms with Gasteiger partial charge >= 0.3 is 0 Å². The van der Waals surface area contributed by atoms with Gasteiger partial charge in [-0.15, -0.1) is 0 Å². The van der Waals surface area contributed by atoms with Gasteiger partial charge < -0.3 is 0 Å². The standard InChI is InChI=1S/C17H32O2S2/c1-13(8-9-14(18)12-16(2,3)4)21-20-11-10-15(19)17(5,6)7/h13H,8-12H2,1-7H3. The fraction of sp³-hybridized carbons (Fsp3) is 0.882. The number of carbonyl (C=O) groups excluding carboxylic acids is 2. The largest absolute Gasteiger partial charge is 0.300 e. The van der Waals surface area contributed by atoms with Gasteiger partial charge in [0.15, 0.2) is 0 Å². The van der Waals surface area contributed by atoms with Crippen LogP contribution >= 0.6 is 21.6 Å². The number of ketones is 2. The molecule has 0 fully saturated rings. The van der Waals surface area contributed by atoms with Crippen LogP contribution in [0, 0.1) is 10.8 Å². The van der Waals surface area contributed by atoms with E-state index in [1.165, 1.54) is 0 Å². The molecular formula is C17H32O2S2. The van der Waals surface area contributed by atoms with Crippen LogP contribution in [0.4, 0.5) is 0 Å². The summed E-state index contributed by atoms with van der Waals surface area (Å²) in [6.07, 6.45) is 2.90. The fourth-order valence-electron chi connectivity index (χ4n) is 1.77. The van der Waals surface area contributed by atoms with Crippen molar-refractivity contribution >= 4 is 33.2 Å². The van der Waals surface area contributed by atoms with Crippen LogP contribution in [0.1, 0.15) is 74.1 Å². The molecule has 0 aliphatic heterocycles. The van der Waals surface area contributed by atoms with Gasteiger partial charge in [0.2, 0.25) is 0 Å². The third-order valence-electron chi connectivity index (χ3n) is 3.04. The molecule has 0 rings (SSSR count). The SMILES string of the molecule is CC(CCC(=O)CC(C)(C)C)SSCCC(=O)C(C)(C)C. The Morgan fingerprint density at radius 3 is 2.05 bits per heavy atom. The third-order valence-corrected chi connectivity index (χ3v) is 6.00. The van der Waals surface area contributed by atoms with Gasteiger partial charge in [0.1, 0.15) is 11.6 Å². The molecule has 1 unspecified atom stereocenters. The van der Waals surface area contributed by atoms with Crippen molar-refractivity contribution in [3.05, 3.63) is 0 Å². The van der Waals surface area contributed by atoms with E-state index in [0.717, 1.165) is 12.2 Å². The van der Waals surface area contributed by atoms with E-state index in [-0.39, 0.29) is 10.8 Å². The maximum absolute atomic E-state index is 11.8. The van der Waals surface area contributed by atoms with Gasteiger partial charge in [0, 0.05) is 35.7 Å². The zero-order valence-corrected chi connectivity index (χ0v) is 16.4. The van der Waals surface area contributed by atoms with E-state index in [9.17, 15) is 9.59 Å². The minimum Gasteiger partial charge on any atom is -0.300 e. The number of hydrogen-bond acceptors (Lipinski definition) is 4. The van der Waals surface area contributed by atoms with Gasteiger partial charge in [0.25, 0.3) is 0 Å². The number of Topliss-reactive ketones (excluding diaryl/α,β-unsaturated/α-hetero) is 2. The van der Waals surface area contributed by atoms with Gasteiger partial charge in [-0.3, -0.25) is 9.59 Å². The second-order valence-electron chi connectivity index (χ2n) is 7.97. The van der Waals surface area contributed by atoms with Crippen LogP contribution in [0.2, 0.25) is 0 Å². The van der Waals surface area contributed by atoms with E-state index in [4.69, 9.17) is 0 Å². The Morgan fingerprint density at radius 2 is 1.57 bits per heavy atom. The molecule has 0 heterocycles. The van der Waals surface area contributed by atoms with Gasteiger partial charge in [-0.25, -0.2) is 0 Å². The summed E-state index contributed by atoms with van der Waals surface area (Å²) in [6.45, 7) is 14.4. The Balaban J connectivity index is 3.75. The molecule has 4 heteroatoms. The molecule has 0 saturated carbocycles. The Hall–Kier alpha value is 0.0400. The average Bonchev–Trinajstić information content (AvgIpc) is 2.28. The summed E-state index contributed by atoms with van der Waals surface area (Å²) in [5.41, 5.74) is -0.133. The molecule has 0 radical (unpaired) electrons. The molecule has 0 aliphatic rings. The Bertz CT molecular complexity index is 338. The summed E-state index contributed by atoms with van der Waals surface area (Å²) < 4.78 is 0. The zero-order valence-electron chi connectivity index (χ0n) is 14.7. The Labute approximate surface area is 139 Å². The summed E-state index contributed by atoms with van der Waals surface area (Å²) in [4.78, 5) is 23.6. The third kappa shape index (κ3) is 12.3. The predicted molar refractivity (Wildman–Crippen MR) is 96.9 cm³/mol. The Morgan fingerprint density at radius 1 is 1.00 bits per heavy atom. The van der Waals surface area contributed by atoms with Crippen molar-refractivity contribution in [2.45, 2.75) is 79.4 Å². The first-order valence-electron chi connectivity index (χ1n) is 7.75. The van der Waals surface area contributed by atoms with E-state index in [1.54, 1.807) is 21.6 Å². The normalized spacial score (nSPS) is 14.0. The highest BCUT2D eigenvalue weighted by Gasteiger charge is 2.20. The number of rotatable bonds is 9. The summed E-state index contributed by atoms with van der Waals surface area (Å²) in [7, 11) is 3.56. The summed E-state index contributed by atoms with van der Waals surface area (Å²) in [5, 5.41) is 0.462. The molecule has 2 nitrogen and oxygen atoms in total. The van der Waals surface area contributed by atoms with Crippen molar-refractivity contribution in [3.8, 4) is 0 Å². The quantitative estimate of drug-likeness (QED) is 0.409. The molecule has 0 amide bonds. The molecule has 0 aromatic rings. The maximum Gasteiger partial charge on any atom is 0.139 e. The highest BCUT2D eigenvalue weighted by molar-refractivity contribution is 8.76. The van der Waals surface area contributed by atoms with E-state index >= 15 is 0 Å². The van der Waals surface area contributed by atoms with Gasteiger partial charge in [-0.1, -0.05) is 70.1 Å². The lowest BCUT2D eigenvalue weighted by Crippen LogP contribution is -2.20. The molecule has 21 heavy (non-hydrogen) atoms. The molecule has 0 bridgehead atoms. The lowest BCUT2D eigenvalue weighted by molar-refractivity contribution is -0.125. The van der Waals surface area contributed by atoms with E-state index in [2.05, 4.69) is 27.7 Å². The summed E-state index contributed by atoms with van der Waals surface area (Å²) in [6, 6.07) is 0. The van der Waals surface area contributed by atoms with Crippen molar-refractivity contribution < 1.29 is 9.59 Å². The second-order valence-corrected chi connectivity index (χ2v) is 10.9. The number of hydrogen-bond donors (Lipinski definition) is 0. The summed E-state index contributed by atoms with van der Waals surface area (Å²) in [5.74, 6) is 1.55. The predicted octanol–water partition coefficient (Wildman–Crippen LogP) is 5.55. The monoisotopic (exact) mass is 332 g/mol. The van der Waals surface area contributed by atoms with Crippen LogP contribution in [0.5, 0.6) is 0 Å². The number of carbonyl (C=O) groups is 2. The molecular weight excluding hydrogens is 300 g/mol. The molecule has 0 saturated heterocycles. The van der Waals surface area contributed by atoms with Crippen molar-refractivity contribution in [3.63, 3.8) is 0 Å². The van der Waals surface area contributed by atoms with Gasteiger partial charge in [-0.2, -0.15) is 0 Å². The zero-order chi connectivity index (χ0) is 16.7. The van der Waals surface area contributed by atoms with Crippen molar-refractivity contribution in [1.29, 1.82) is 0 Å². The summed E-state index contributed by atoms with van der Waals surface area (Å²) >= 11 is 0. The van der Waals surface area contributed by atoms with Gasteiger partial charge in [0.05, 0.1) is 0 Å². The van der Waals surface area contributed by atoms with E-state index < -0.39 is 0 Å². The lowest BCUT2D eigenvalue weighted by atomic mass is 9.88. The van der Waals surface area contributed by atoms with Crippen LogP contribution in [0.3, 0.4) is 0 Å². The van der Waals surface area contributed by atoms with Crippen LogP contribution in [-0.4, -0.2) is 22.6 Å². The minimum absolute atomic E-state index is 0.0928. The molecule has 0 aromatic carbocycles. The highest BCUT2D eigenvalue weighted by atomic mass is 33.1. The van der Waals surface area contributed by atoms with Crippen LogP contribution < -0.4 is 0 Å². The van der Waals surface area contributed by atoms with Gasteiger partial charge in [-0.05, 0) is 11.8 Å². The van der Waals surface area contributed by atoms with E-state index in [1.807, 2.05) is 20.8 Å². The molecule has 0 aliphatic carbocycles. The maximum atomic E-state index is 11.8. The minimum atomic E-state index is -0.226. The molecule has 0 spiro atoms. The Kier molecular flexibility index (Phi) is 9.26. The first-order valence-corrected chi connectivity index (χ1v) is 10.1. The fourth-order valence-corrected chi connectivity index (χ4v) is 4.10. The topological polar surface area (TPSA) is 34.1 Å². The molecule has 1 atom stereocenters. The second kappa shape index (κ2) is 9.24. The lowest BCUT2D eigenvalue weighted by Gasteiger charge is -2.18. The van der Waals surface area contributed by atoms with Crippen LogP contribution in [-0.2, 0) is 9.59 Å². The molecule has 124 valence electrons. The van der Waals surface area contributed by atoms with Crippen LogP contribution in [0.15, 0.2) is 0 Å². The first-order chi connectivity index (χ1) is 9.42. The smallest absolute Gasteiger partial charge is 0.139 e. The molecule has 0 N–H and O–H groups in total. The first kappa shape index (κ1) is 21.0. The highest BCUT2D eigenvalue weighted by Crippen LogP contribution is 2.31. The van der Waals surface area contributed by atoms with Crippen molar-refractivity contribution in [2.75, 3.05) is 5.75 Å². The van der Waals surface area contributed by atoms with E-state index in [0.29, 0.717) is 36.1 Å². The van der Waals surface area contributed by atoms with Crippen LogP contribution in [0.25, 0.3) is 0 Å².